The number of carbonyl (C=O) groups is 1. The molecule has 0 aliphatic carbocycles. The van der Waals surface area contributed by atoms with Gasteiger partial charge >= 0.3 is 12.1 Å². The third kappa shape index (κ3) is 4.86. The van der Waals surface area contributed by atoms with Crippen molar-refractivity contribution in [3.8, 4) is 0 Å². The molecule has 0 bridgehead atoms. The largest absolute Gasteiger partial charge is 0.481 e. The van der Waals surface area contributed by atoms with Crippen LogP contribution < -0.4 is 0 Å². The maximum Gasteiger partial charge on any atom is 0.411 e. The molecule has 0 saturated carbocycles. The number of ether oxygens (including phenoxy) is 1. The zero-order valence-electron chi connectivity index (χ0n) is 10.3. The number of aliphatic carboxylic acids is 1. The van der Waals surface area contributed by atoms with Crippen molar-refractivity contribution in [2.24, 2.45) is 5.92 Å². The van der Waals surface area contributed by atoms with E-state index in [4.69, 9.17) is 9.63 Å². The van der Waals surface area contributed by atoms with Crippen molar-refractivity contribution in [3.63, 3.8) is 0 Å². The van der Waals surface area contributed by atoms with Crippen LogP contribution in [0.3, 0.4) is 0 Å². The van der Waals surface area contributed by atoms with Crippen molar-refractivity contribution in [2.45, 2.75) is 32.5 Å². The summed E-state index contributed by atoms with van der Waals surface area (Å²) < 4.78 is 44.6. The molecule has 0 radical (unpaired) electrons. The molecule has 1 rings (SSSR count). The van der Waals surface area contributed by atoms with E-state index in [2.05, 4.69) is 14.9 Å². The molecule has 9 heteroatoms. The first-order chi connectivity index (χ1) is 8.70. The Balaban J connectivity index is 2.55. The summed E-state index contributed by atoms with van der Waals surface area (Å²) in [5.41, 5.74) is 0. The molecule has 0 aliphatic heterocycles. The highest BCUT2D eigenvalue weighted by atomic mass is 19.4. The summed E-state index contributed by atoms with van der Waals surface area (Å²) in [5.74, 6) is -2.31. The van der Waals surface area contributed by atoms with Crippen LogP contribution in [0.2, 0.25) is 0 Å². The van der Waals surface area contributed by atoms with Gasteiger partial charge in [-0.15, -0.1) is 0 Å². The molecule has 2 unspecified atom stereocenters. The topological polar surface area (TPSA) is 85.5 Å². The predicted octanol–water partition coefficient (Wildman–Crippen LogP) is 1.97. The van der Waals surface area contributed by atoms with Gasteiger partial charge in [-0.05, 0) is 0 Å². The third-order valence-electron chi connectivity index (χ3n) is 2.51. The molecule has 0 aliphatic rings. The zero-order chi connectivity index (χ0) is 14.6. The number of hydrogen-bond acceptors (Lipinski definition) is 5. The molecule has 6 nitrogen and oxygen atoms in total. The smallest absolute Gasteiger partial charge is 0.411 e. The lowest BCUT2D eigenvalue weighted by Gasteiger charge is -2.10. The molecule has 0 amide bonds. The first-order valence-corrected chi connectivity index (χ1v) is 5.40. The van der Waals surface area contributed by atoms with Crippen LogP contribution in [0, 0.1) is 5.92 Å². The van der Waals surface area contributed by atoms with Crippen molar-refractivity contribution >= 4 is 5.97 Å². The quantitative estimate of drug-likeness (QED) is 0.858. The van der Waals surface area contributed by atoms with Gasteiger partial charge in [0.1, 0.15) is 13.2 Å². The minimum atomic E-state index is -4.42. The molecule has 2 atom stereocenters. The van der Waals surface area contributed by atoms with E-state index < -0.39 is 37.2 Å². The van der Waals surface area contributed by atoms with E-state index in [1.54, 1.807) is 6.92 Å². The fourth-order valence-corrected chi connectivity index (χ4v) is 1.20. The van der Waals surface area contributed by atoms with Crippen LogP contribution in [0.4, 0.5) is 13.2 Å². The van der Waals surface area contributed by atoms with Crippen LogP contribution in [0.15, 0.2) is 4.52 Å². The van der Waals surface area contributed by atoms with Gasteiger partial charge in [-0.25, -0.2) is 0 Å². The number of alkyl halides is 3. The van der Waals surface area contributed by atoms with Gasteiger partial charge in [0.25, 0.3) is 0 Å². The van der Waals surface area contributed by atoms with E-state index in [1.807, 2.05) is 0 Å². The summed E-state index contributed by atoms with van der Waals surface area (Å²) in [5, 5.41) is 12.2. The highest BCUT2D eigenvalue weighted by Crippen LogP contribution is 2.23. The number of aromatic nitrogens is 2. The molecule has 1 aromatic rings. The molecule has 108 valence electrons. The lowest BCUT2D eigenvalue weighted by molar-refractivity contribution is -0.177. The van der Waals surface area contributed by atoms with E-state index in [9.17, 15) is 18.0 Å². The van der Waals surface area contributed by atoms with Crippen LogP contribution in [-0.4, -0.2) is 34.0 Å². The number of rotatable bonds is 6. The zero-order valence-corrected chi connectivity index (χ0v) is 10.3. The maximum absolute atomic E-state index is 11.8. The minimum absolute atomic E-state index is 0.0521. The maximum atomic E-state index is 11.8. The summed E-state index contributed by atoms with van der Waals surface area (Å²) in [6.07, 6.45) is -4.42. The van der Waals surface area contributed by atoms with Crippen LogP contribution in [0.5, 0.6) is 0 Å². The second kappa shape index (κ2) is 6.00. The summed E-state index contributed by atoms with van der Waals surface area (Å²) in [7, 11) is 0. The van der Waals surface area contributed by atoms with Gasteiger partial charge in [-0.1, -0.05) is 19.0 Å². The average Bonchev–Trinajstić information content (AvgIpc) is 2.74. The lowest BCUT2D eigenvalue weighted by Crippen LogP contribution is -2.17. The Morgan fingerprint density at radius 1 is 1.47 bits per heavy atom. The Hall–Kier alpha value is -1.64. The second-order valence-electron chi connectivity index (χ2n) is 4.07. The molecule has 1 N–H and O–H groups in total. The fourth-order valence-electron chi connectivity index (χ4n) is 1.20. The normalized spacial score (nSPS) is 15.2. The SMILES string of the molecule is CC(C(=O)O)C(C)c1nc(COCC(F)(F)F)no1. The third-order valence-corrected chi connectivity index (χ3v) is 2.51. The lowest BCUT2D eigenvalue weighted by atomic mass is 9.96. The van der Waals surface area contributed by atoms with Gasteiger partial charge in [0.2, 0.25) is 5.89 Å². The average molecular weight is 282 g/mol. The molecule has 19 heavy (non-hydrogen) atoms. The van der Waals surface area contributed by atoms with Crippen LogP contribution in [-0.2, 0) is 16.1 Å². The molecule has 0 saturated heterocycles. The number of hydrogen-bond donors (Lipinski definition) is 1. The molecule has 0 spiro atoms. The first kappa shape index (κ1) is 15.4. The highest BCUT2D eigenvalue weighted by molar-refractivity contribution is 5.70. The Bertz CT molecular complexity index is 433. The molecule has 1 heterocycles. The standard InChI is InChI=1S/C10H13F3N2O4/c1-5(6(2)9(16)17)8-14-7(15-19-8)3-18-4-10(11,12)13/h5-6H,3-4H2,1-2H3,(H,16,17). The van der Waals surface area contributed by atoms with Crippen molar-refractivity contribution < 1.29 is 32.3 Å². The fraction of sp³-hybridized carbons (Fsp3) is 0.700. The van der Waals surface area contributed by atoms with Crippen molar-refractivity contribution in [1.29, 1.82) is 0 Å². The van der Waals surface area contributed by atoms with Gasteiger partial charge in [0.15, 0.2) is 5.82 Å². The van der Waals surface area contributed by atoms with Crippen LogP contribution >= 0.6 is 0 Å². The highest BCUT2D eigenvalue weighted by Gasteiger charge is 2.28. The van der Waals surface area contributed by atoms with Crippen molar-refractivity contribution in [1.82, 2.24) is 10.1 Å². The summed E-state index contributed by atoms with van der Waals surface area (Å²) in [6, 6.07) is 0. The Morgan fingerprint density at radius 3 is 2.63 bits per heavy atom. The van der Waals surface area contributed by atoms with E-state index in [0.717, 1.165) is 0 Å². The molecule has 0 fully saturated rings. The van der Waals surface area contributed by atoms with Crippen molar-refractivity contribution in [3.05, 3.63) is 11.7 Å². The molecule has 0 aromatic carbocycles. The Kier molecular flexibility index (Phi) is 4.87. The van der Waals surface area contributed by atoms with Crippen LogP contribution in [0.25, 0.3) is 0 Å². The number of nitrogens with zero attached hydrogens (tertiary/aromatic N) is 2. The predicted molar refractivity (Wildman–Crippen MR) is 55.2 cm³/mol. The molecular weight excluding hydrogens is 269 g/mol. The van der Waals surface area contributed by atoms with Crippen LogP contribution in [0.1, 0.15) is 31.5 Å². The van der Waals surface area contributed by atoms with E-state index >= 15 is 0 Å². The number of carboxylic acid groups (broad SMARTS) is 1. The Labute approximate surface area is 106 Å². The van der Waals surface area contributed by atoms with Gasteiger partial charge in [-0.3, -0.25) is 4.79 Å². The second-order valence-corrected chi connectivity index (χ2v) is 4.07. The van der Waals surface area contributed by atoms with E-state index in [0.29, 0.717) is 0 Å². The van der Waals surface area contributed by atoms with Gasteiger partial charge in [0, 0.05) is 5.92 Å². The summed E-state index contributed by atoms with van der Waals surface area (Å²) in [4.78, 5) is 14.6. The number of halogens is 3. The van der Waals surface area contributed by atoms with E-state index in [1.165, 1.54) is 6.92 Å². The first-order valence-electron chi connectivity index (χ1n) is 5.40. The number of carboxylic acids is 1. The van der Waals surface area contributed by atoms with E-state index in [-0.39, 0.29) is 11.7 Å². The Morgan fingerprint density at radius 2 is 2.11 bits per heavy atom. The molecule has 1 aromatic heterocycles. The monoisotopic (exact) mass is 282 g/mol. The molecular formula is C10H13F3N2O4. The summed E-state index contributed by atoms with van der Waals surface area (Å²) in [6.45, 7) is 1.19. The minimum Gasteiger partial charge on any atom is -0.481 e. The summed E-state index contributed by atoms with van der Waals surface area (Å²) >= 11 is 0. The van der Waals surface area contributed by atoms with Crippen molar-refractivity contribution in [2.75, 3.05) is 6.61 Å². The van der Waals surface area contributed by atoms with Gasteiger partial charge in [-0.2, -0.15) is 18.2 Å². The van der Waals surface area contributed by atoms with Gasteiger partial charge in [0.05, 0.1) is 5.92 Å². The van der Waals surface area contributed by atoms with Gasteiger partial charge < -0.3 is 14.4 Å².